The van der Waals surface area contributed by atoms with E-state index in [4.69, 9.17) is 13.9 Å². The highest BCUT2D eigenvalue weighted by atomic mass is 32.1. The quantitative estimate of drug-likeness (QED) is 0.160. The number of rotatable bonds is 8. The molecule has 0 spiro atoms. The van der Waals surface area contributed by atoms with Crippen LogP contribution in [0.25, 0.3) is 35.0 Å². The molecule has 2 atom stereocenters. The number of nitrogens with one attached hydrogen (secondary N) is 2. The van der Waals surface area contributed by atoms with Crippen LogP contribution in [0.1, 0.15) is 44.8 Å². The summed E-state index contributed by atoms with van der Waals surface area (Å²) in [6, 6.07) is 39.9. The smallest absolute Gasteiger partial charge is 0.247 e. The summed E-state index contributed by atoms with van der Waals surface area (Å²) in [6.45, 7) is 0. The van der Waals surface area contributed by atoms with Crippen LogP contribution in [0, 0.1) is 0 Å². The Kier molecular flexibility index (Phi) is 9.28. The first-order valence-corrected chi connectivity index (χ1v) is 19.4. The molecule has 4 aromatic heterocycles. The van der Waals surface area contributed by atoms with Crippen molar-refractivity contribution in [2.75, 3.05) is 14.2 Å². The number of ether oxygens (including phenoxy) is 2. The van der Waals surface area contributed by atoms with Crippen LogP contribution in [0.4, 0.5) is 0 Å². The van der Waals surface area contributed by atoms with Crippen molar-refractivity contribution in [1.29, 1.82) is 0 Å². The van der Waals surface area contributed by atoms with Crippen molar-refractivity contribution in [3.05, 3.63) is 195 Å². The Morgan fingerprint density at radius 3 is 1.66 bits per heavy atom. The monoisotopic (exact) mass is 753 g/mol. The van der Waals surface area contributed by atoms with Crippen molar-refractivity contribution in [3.8, 4) is 34.3 Å². The van der Waals surface area contributed by atoms with Gasteiger partial charge in [0.15, 0.2) is 5.69 Å². The number of H-pyrrole nitrogens is 2. The summed E-state index contributed by atoms with van der Waals surface area (Å²) < 4.78 is 16.4. The van der Waals surface area contributed by atoms with E-state index in [1.54, 1.807) is 38.0 Å². The van der Waals surface area contributed by atoms with Crippen molar-refractivity contribution < 1.29 is 13.9 Å². The normalized spacial score (nSPS) is 18.0. The maximum Gasteiger partial charge on any atom is 0.247 e. The van der Waals surface area contributed by atoms with Crippen LogP contribution >= 0.6 is 11.3 Å². The van der Waals surface area contributed by atoms with Gasteiger partial charge in [0.05, 0.1) is 20.4 Å². The van der Waals surface area contributed by atoms with E-state index in [1.807, 2.05) is 24.3 Å². The lowest BCUT2D eigenvalue weighted by atomic mass is 9.68. The number of oxazole rings is 1. The zero-order chi connectivity index (χ0) is 38.0. The number of methoxy groups -OCH3 is 2. The van der Waals surface area contributed by atoms with E-state index in [9.17, 15) is 0 Å². The Bertz CT molecular complexity index is 2440. The Morgan fingerprint density at radius 1 is 0.625 bits per heavy atom. The number of aromatic nitrogens is 5. The standard InChI is InChI=1S/C24H20N2OS.C23H19N3O2/c1-27-20-9-5-8-19(14-20)24(18-6-3-2-4-7-18)12-10-21-22(15-24)25-26-23(21)17-11-13-28-16-17;1-27-18-9-5-8-17(14-18)23(16-6-3-2-4-7-16)11-10-19-20(15-23)25-26-21(19)22-24-12-13-28-22/h2-14,16H,15H2,1H3,(H,25,26);2-14H,15H2,1H3,(H,25,26). The van der Waals surface area contributed by atoms with Crippen molar-refractivity contribution in [1.82, 2.24) is 25.4 Å². The third-order valence-electron chi connectivity index (χ3n) is 10.9. The topological polar surface area (TPSA) is 102 Å². The Hall–Kier alpha value is -6.71. The van der Waals surface area contributed by atoms with E-state index in [0.29, 0.717) is 5.89 Å². The largest absolute Gasteiger partial charge is 0.497 e. The van der Waals surface area contributed by atoms with E-state index in [1.165, 1.54) is 33.4 Å². The maximum absolute atomic E-state index is 5.51. The fourth-order valence-electron chi connectivity index (χ4n) is 8.05. The number of allylic oxidation sites excluding steroid dienone is 2. The summed E-state index contributed by atoms with van der Waals surface area (Å²) in [5.41, 5.74) is 11.7. The second kappa shape index (κ2) is 14.8. The molecule has 10 rings (SSSR count). The second-order valence-electron chi connectivity index (χ2n) is 13.9. The highest BCUT2D eigenvalue weighted by molar-refractivity contribution is 7.08. The first-order chi connectivity index (χ1) is 27.6. The van der Waals surface area contributed by atoms with Crippen LogP contribution < -0.4 is 9.47 Å². The number of benzene rings is 4. The molecule has 0 saturated heterocycles. The highest BCUT2D eigenvalue weighted by Crippen LogP contribution is 2.45. The zero-order valence-electron chi connectivity index (χ0n) is 31.0. The minimum Gasteiger partial charge on any atom is -0.497 e. The molecule has 0 fully saturated rings. The van der Waals surface area contributed by atoms with Gasteiger partial charge in [0.2, 0.25) is 5.89 Å². The van der Waals surface area contributed by atoms with Crippen LogP contribution in [0.3, 0.4) is 0 Å². The van der Waals surface area contributed by atoms with Gasteiger partial charge in [-0.1, -0.05) is 109 Å². The van der Waals surface area contributed by atoms with Crippen LogP contribution in [-0.2, 0) is 23.7 Å². The van der Waals surface area contributed by atoms with Crippen molar-refractivity contribution in [2.24, 2.45) is 0 Å². The van der Waals surface area contributed by atoms with E-state index >= 15 is 0 Å². The predicted octanol–water partition coefficient (Wildman–Crippen LogP) is 10.3. The molecule has 0 radical (unpaired) electrons. The van der Waals surface area contributed by atoms with Gasteiger partial charge in [-0.25, -0.2) is 4.98 Å². The number of thiophene rings is 1. The van der Waals surface area contributed by atoms with Crippen molar-refractivity contribution >= 4 is 23.5 Å². The molecule has 2 aliphatic rings. The van der Waals surface area contributed by atoms with E-state index in [2.05, 4.69) is 151 Å². The van der Waals surface area contributed by atoms with Crippen LogP contribution in [0.15, 0.2) is 155 Å². The zero-order valence-corrected chi connectivity index (χ0v) is 31.8. The van der Waals surface area contributed by atoms with Crippen molar-refractivity contribution in [2.45, 2.75) is 23.7 Å². The number of hydrogen-bond donors (Lipinski definition) is 2. The average Bonchev–Trinajstić information content (AvgIpc) is 4.12. The van der Waals surface area contributed by atoms with E-state index in [0.717, 1.165) is 52.7 Å². The molecule has 4 heterocycles. The van der Waals surface area contributed by atoms with E-state index in [-0.39, 0.29) is 10.8 Å². The molecular formula is C47H39N5O3S. The first kappa shape index (κ1) is 35.0. The van der Waals surface area contributed by atoms with Gasteiger partial charge in [-0.3, -0.25) is 10.2 Å². The summed E-state index contributed by atoms with van der Waals surface area (Å²) in [7, 11) is 3.41. The molecular weight excluding hydrogens is 715 g/mol. The van der Waals surface area contributed by atoms with Gasteiger partial charge in [-0.15, -0.1) is 0 Å². The van der Waals surface area contributed by atoms with Crippen molar-refractivity contribution in [3.63, 3.8) is 0 Å². The molecule has 0 bridgehead atoms. The molecule has 2 N–H and O–H groups in total. The fourth-order valence-corrected chi connectivity index (χ4v) is 8.69. The maximum atomic E-state index is 5.51. The van der Waals surface area contributed by atoms with Gasteiger partial charge < -0.3 is 13.9 Å². The SMILES string of the molecule is COc1cccc(C2(c3ccccc3)C=Cc3c(-c4ccsc4)n[nH]c3C2)c1.COc1cccc(C2(c3ccccc3)C=Cc3c(-c4ncco4)n[nH]c3C2)c1. The van der Waals surface area contributed by atoms with Crippen LogP contribution in [0.5, 0.6) is 11.5 Å². The van der Waals surface area contributed by atoms with Gasteiger partial charge >= 0.3 is 0 Å². The molecule has 2 aliphatic carbocycles. The van der Waals surface area contributed by atoms with Gasteiger partial charge in [0.25, 0.3) is 0 Å². The molecule has 56 heavy (non-hydrogen) atoms. The average molecular weight is 754 g/mol. The first-order valence-electron chi connectivity index (χ1n) is 18.5. The minimum absolute atomic E-state index is 0.263. The summed E-state index contributed by atoms with van der Waals surface area (Å²) in [4.78, 5) is 4.24. The number of aromatic amines is 2. The third kappa shape index (κ3) is 6.25. The van der Waals surface area contributed by atoms with Gasteiger partial charge in [0, 0.05) is 57.1 Å². The number of hydrogen-bond acceptors (Lipinski definition) is 7. The lowest BCUT2D eigenvalue weighted by molar-refractivity contribution is 0.413. The number of fused-ring (bicyclic) bond motifs is 2. The highest BCUT2D eigenvalue weighted by Gasteiger charge is 2.38. The summed E-state index contributed by atoms with van der Waals surface area (Å²) in [5.74, 6) is 2.24. The molecule has 9 heteroatoms. The fraction of sp³-hybridized carbons (Fsp3) is 0.128. The second-order valence-corrected chi connectivity index (χ2v) is 14.7. The van der Waals surface area contributed by atoms with Crippen LogP contribution in [-0.4, -0.2) is 39.6 Å². The Morgan fingerprint density at radius 2 is 1.16 bits per heavy atom. The van der Waals surface area contributed by atoms with E-state index < -0.39 is 0 Å². The summed E-state index contributed by atoms with van der Waals surface area (Å²) in [6.07, 6.45) is 13.7. The lowest BCUT2D eigenvalue weighted by Gasteiger charge is -2.34. The predicted molar refractivity (Wildman–Crippen MR) is 222 cm³/mol. The Balaban J connectivity index is 0.000000146. The van der Waals surface area contributed by atoms with Crippen LogP contribution in [0.2, 0.25) is 0 Å². The van der Waals surface area contributed by atoms with Gasteiger partial charge in [-0.05, 0) is 58.0 Å². The third-order valence-corrected chi connectivity index (χ3v) is 11.6. The van der Waals surface area contributed by atoms with Gasteiger partial charge in [0.1, 0.15) is 23.5 Å². The molecule has 8 nitrogen and oxygen atoms in total. The summed E-state index contributed by atoms with van der Waals surface area (Å²) in [5, 5.41) is 19.9. The minimum atomic E-state index is -0.316. The molecule has 2 unspecified atom stereocenters. The number of nitrogens with zero attached hydrogens (tertiary/aromatic N) is 3. The summed E-state index contributed by atoms with van der Waals surface area (Å²) >= 11 is 1.69. The lowest BCUT2D eigenvalue weighted by Crippen LogP contribution is -2.30. The molecule has 0 saturated carbocycles. The molecule has 276 valence electrons. The molecule has 4 aromatic carbocycles. The Labute approximate surface area is 329 Å². The molecule has 0 aliphatic heterocycles. The molecule has 0 amide bonds. The molecule has 8 aromatic rings. The van der Waals surface area contributed by atoms with Gasteiger partial charge in [-0.2, -0.15) is 21.5 Å².